The maximum Gasteiger partial charge on any atom is 0.490 e. The molecule has 0 fully saturated rings. The zero-order valence-electron chi connectivity index (χ0n) is 19.9. The molecular formula is C25H26F3N5O4. The lowest BCUT2D eigenvalue weighted by Crippen LogP contribution is -2.44. The lowest BCUT2D eigenvalue weighted by Gasteiger charge is -2.14. The van der Waals surface area contributed by atoms with Crippen LogP contribution in [0.4, 0.5) is 13.2 Å². The number of nitrogens with one attached hydrogen (secondary N) is 4. The number of halogens is 3. The first kappa shape index (κ1) is 28.6. The first-order chi connectivity index (χ1) is 17.3. The van der Waals surface area contributed by atoms with E-state index in [9.17, 15) is 22.8 Å². The van der Waals surface area contributed by atoms with Gasteiger partial charge in [0.1, 0.15) is 17.6 Å². The largest absolute Gasteiger partial charge is 0.490 e. The Morgan fingerprint density at radius 3 is 2.16 bits per heavy atom. The SMILES string of the molecule is Cc1[nH]c(C(=O)NC(C)C(=O)NCc2ccc(C(=N)N)cc2)cc1-c1ccccc1.O=C(O)C(F)(F)F. The molecule has 0 aliphatic heterocycles. The van der Waals surface area contributed by atoms with E-state index in [1.54, 1.807) is 37.3 Å². The van der Waals surface area contributed by atoms with Crippen LogP contribution in [0.2, 0.25) is 0 Å². The van der Waals surface area contributed by atoms with Crippen molar-refractivity contribution in [1.29, 1.82) is 5.41 Å². The summed E-state index contributed by atoms with van der Waals surface area (Å²) in [6.07, 6.45) is -5.08. The molecule has 0 aliphatic carbocycles. The second-order valence-electron chi connectivity index (χ2n) is 7.91. The molecule has 7 N–H and O–H groups in total. The minimum absolute atomic E-state index is 0.00287. The minimum Gasteiger partial charge on any atom is -0.475 e. The van der Waals surface area contributed by atoms with Gasteiger partial charge in [-0.05, 0) is 31.0 Å². The van der Waals surface area contributed by atoms with Crippen LogP contribution >= 0.6 is 0 Å². The van der Waals surface area contributed by atoms with Crippen LogP contribution in [0.15, 0.2) is 60.7 Å². The number of carbonyl (C=O) groups excluding carboxylic acids is 2. The van der Waals surface area contributed by atoms with Gasteiger partial charge in [-0.25, -0.2) is 4.79 Å². The standard InChI is InChI=1S/C23H25N5O2.C2HF3O2/c1-14-19(17-6-4-3-5-7-17)12-20(27-14)23(30)28-15(2)22(29)26-13-16-8-10-18(11-9-16)21(24)25;3-2(4,5)1(6)7/h3-12,15,27H,13H2,1-2H3,(H3,24,25)(H,26,29)(H,28,30);(H,6,7). The molecular weight excluding hydrogens is 491 g/mol. The van der Waals surface area contributed by atoms with Crippen molar-refractivity contribution in [2.75, 3.05) is 0 Å². The van der Waals surface area contributed by atoms with E-state index in [0.29, 0.717) is 17.8 Å². The number of H-pyrrole nitrogens is 1. The molecule has 3 rings (SSSR count). The highest BCUT2D eigenvalue weighted by Gasteiger charge is 2.38. The lowest BCUT2D eigenvalue weighted by atomic mass is 10.1. The number of carboxylic acids is 1. The van der Waals surface area contributed by atoms with Gasteiger partial charge in [-0.15, -0.1) is 0 Å². The molecule has 12 heteroatoms. The van der Waals surface area contributed by atoms with E-state index in [1.165, 1.54) is 0 Å². The van der Waals surface area contributed by atoms with Crippen LogP contribution in [-0.2, 0) is 16.1 Å². The topological polar surface area (TPSA) is 161 Å². The van der Waals surface area contributed by atoms with Crippen molar-refractivity contribution >= 4 is 23.6 Å². The Bertz CT molecular complexity index is 1260. The molecule has 37 heavy (non-hydrogen) atoms. The summed E-state index contributed by atoms with van der Waals surface area (Å²) >= 11 is 0. The van der Waals surface area contributed by atoms with Crippen molar-refractivity contribution in [1.82, 2.24) is 15.6 Å². The van der Waals surface area contributed by atoms with Gasteiger partial charge in [0.2, 0.25) is 5.91 Å². The Balaban J connectivity index is 0.000000604. The molecule has 196 valence electrons. The van der Waals surface area contributed by atoms with Gasteiger partial charge in [0.05, 0.1) is 0 Å². The van der Waals surface area contributed by atoms with Gasteiger partial charge in [-0.3, -0.25) is 15.0 Å². The van der Waals surface area contributed by atoms with Gasteiger partial charge in [-0.1, -0.05) is 54.6 Å². The quantitative estimate of drug-likeness (QED) is 0.209. The Morgan fingerprint density at radius 2 is 1.65 bits per heavy atom. The number of amidine groups is 1. The predicted molar refractivity (Wildman–Crippen MR) is 131 cm³/mol. The molecule has 0 spiro atoms. The number of hydrogen-bond acceptors (Lipinski definition) is 4. The van der Waals surface area contributed by atoms with Crippen molar-refractivity contribution in [3.05, 3.63) is 83.2 Å². The molecule has 2 amide bonds. The molecule has 9 nitrogen and oxygen atoms in total. The fraction of sp³-hybridized carbons (Fsp3) is 0.200. The molecule has 0 radical (unpaired) electrons. The maximum absolute atomic E-state index is 12.6. The Labute approximate surface area is 210 Å². The highest BCUT2D eigenvalue weighted by molar-refractivity contribution is 5.97. The normalized spacial score (nSPS) is 11.5. The monoisotopic (exact) mass is 517 g/mol. The molecule has 0 saturated carbocycles. The number of nitrogens with two attached hydrogens (primary N) is 1. The summed E-state index contributed by atoms with van der Waals surface area (Å²) in [6.45, 7) is 3.86. The summed E-state index contributed by atoms with van der Waals surface area (Å²) in [6, 6.07) is 18.0. The van der Waals surface area contributed by atoms with E-state index in [-0.39, 0.29) is 17.6 Å². The van der Waals surface area contributed by atoms with Crippen molar-refractivity contribution in [3.8, 4) is 11.1 Å². The fourth-order valence-electron chi connectivity index (χ4n) is 3.08. The zero-order valence-corrected chi connectivity index (χ0v) is 19.9. The van der Waals surface area contributed by atoms with Crippen LogP contribution in [0.1, 0.15) is 34.2 Å². The summed E-state index contributed by atoms with van der Waals surface area (Å²) in [5, 5.41) is 20.0. The van der Waals surface area contributed by atoms with Gasteiger partial charge in [0.25, 0.3) is 5.91 Å². The molecule has 0 bridgehead atoms. The first-order valence-corrected chi connectivity index (χ1v) is 10.9. The molecule has 0 aliphatic rings. The van der Waals surface area contributed by atoms with Crippen molar-refractivity contribution in [2.45, 2.75) is 32.6 Å². The maximum atomic E-state index is 12.6. The van der Waals surface area contributed by atoms with E-state index in [4.69, 9.17) is 21.0 Å². The van der Waals surface area contributed by atoms with Crippen LogP contribution in [-0.4, -0.2) is 45.9 Å². The third kappa shape index (κ3) is 8.53. The van der Waals surface area contributed by atoms with Crippen LogP contribution in [0, 0.1) is 12.3 Å². The third-order valence-corrected chi connectivity index (χ3v) is 5.06. The van der Waals surface area contributed by atoms with Crippen molar-refractivity contribution < 1.29 is 32.7 Å². The van der Waals surface area contributed by atoms with Gasteiger partial charge < -0.3 is 26.5 Å². The van der Waals surface area contributed by atoms with Crippen molar-refractivity contribution in [3.63, 3.8) is 0 Å². The predicted octanol–water partition coefficient (Wildman–Crippen LogP) is 3.34. The number of carbonyl (C=O) groups is 3. The molecule has 3 aromatic rings. The number of carboxylic acid groups (broad SMARTS) is 1. The number of aliphatic carboxylic acids is 1. The summed E-state index contributed by atoms with van der Waals surface area (Å²) in [7, 11) is 0. The molecule has 1 atom stereocenters. The molecule has 1 heterocycles. The number of nitrogen functional groups attached to an aromatic ring is 1. The van der Waals surface area contributed by atoms with Gasteiger partial charge in [0.15, 0.2) is 0 Å². The molecule has 2 aromatic carbocycles. The number of aromatic amines is 1. The van der Waals surface area contributed by atoms with Crippen LogP contribution < -0.4 is 16.4 Å². The van der Waals surface area contributed by atoms with Crippen LogP contribution in [0.5, 0.6) is 0 Å². The average Bonchev–Trinajstić information content (AvgIpc) is 3.24. The van der Waals surface area contributed by atoms with E-state index in [2.05, 4.69) is 15.6 Å². The zero-order chi connectivity index (χ0) is 27.8. The number of aromatic nitrogens is 1. The third-order valence-electron chi connectivity index (χ3n) is 5.06. The average molecular weight is 518 g/mol. The van der Waals surface area contributed by atoms with E-state index < -0.39 is 18.2 Å². The molecule has 0 saturated heterocycles. The number of hydrogen-bond donors (Lipinski definition) is 6. The van der Waals surface area contributed by atoms with Crippen molar-refractivity contribution in [2.24, 2.45) is 5.73 Å². The number of amides is 2. The summed E-state index contributed by atoms with van der Waals surface area (Å²) in [5.41, 5.74) is 10.2. The molecule has 1 aromatic heterocycles. The summed E-state index contributed by atoms with van der Waals surface area (Å²) in [5.74, 6) is -3.39. The highest BCUT2D eigenvalue weighted by Crippen LogP contribution is 2.24. The van der Waals surface area contributed by atoms with Gasteiger partial charge in [-0.2, -0.15) is 13.2 Å². The minimum atomic E-state index is -5.08. The van der Waals surface area contributed by atoms with Gasteiger partial charge >= 0.3 is 12.1 Å². The lowest BCUT2D eigenvalue weighted by molar-refractivity contribution is -0.192. The van der Waals surface area contributed by atoms with E-state index in [0.717, 1.165) is 22.4 Å². The summed E-state index contributed by atoms with van der Waals surface area (Å²) < 4.78 is 31.7. The van der Waals surface area contributed by atoms with E-state index in [1.807, 2.05) is 37.3 Å². The number of benzene rings is 2. The fourth-order valence-corrected chi connectivity index (χ4v) is 3.08. The van der Waals surface area contributed by atoms with Gasteiger partial charge in [0, 0.05) is 23.4 Å². The Morgan fingerprint density at radius 1 is 1.08 bits per heavy atom. The van der Waals surface area contributed by atoms with E-state index >= 15 is 0 Å². The second kappa shape index (κ2) is 12.4. The highest BCUT2D eigenvalue weighted by atomic mass is 19.4. The smallest absolute Gasteiger partial charge is 0.475 e. The first-order valence-electron chi connectivity index (χ1n) is 10.9. The Hall–Kier alpha value is -4.61. The number of alkyl halides is 3. The van der Waals surface area contributed by atoms with Crippen LogP contribution in [0.3, 0.4) is 0 Å². The number of aryl methyl sites for hydroxylation is 1. The van der Waals surface area contributed by atoms with Crippen LogP contribution in [0.25, 0.3) is 11.1 Å². The second-order valence-corrected chi connectivity index (χ2v) is 7.91. The summed E-state index contributed by atoms with van der Waals surface area (Å²) in [4.78, 5) is 36.9. The number of rotatable bonds is 7. The Kier molecular flexibility index (Phi) is 9.58. The molecule has 1 unspecified atom stereocenters.